The van der Waals surface area contributed by atoms with Crippen molar-refractivity contribution in [2.24, 2.45) is 5.92 Å². The van der Waals surface area contributed by atoms with Gasteiger partial charge in [-0.05, 0) is 45.6 Å². The zero-order valence-electron chi connectivity index (χ0n) is 9.67. The molecule has 0 bridgehead atoms. The first-order valence-electron chi connectivity index (χ1n) is 6.31. The van der Waals surface area contributed by atoms with Crippen molar-refractivity contribution in [1.82, 2.24) is 10.2 Å². The highest BCUT2D eigenvalue weighted by atomic mass is 16.2. The Morgan fingerprint density at radius 2 is 1.93 bits per heavy atom. The van der Waals surface area contributed by atoms with Crippen molar-refractivity contribution in [3.05, 3.63) is 0 Å². The fourth-order valence-electron chi connectivity index (χ4n) is 2.73. The van der Waals surface area contributed by atoms with E-state index in [1.165, 1.54) is 19.3 Å². The maximum atomic E-state index is 12.2. The van der Waals surface area contributed by atoms with Crippen molar-refractivity contribution in [3.8, 4) is 0 Å². The molecule has 0 aromatic rings. The zero-order chi connectivity index (χ0) is 10.7. The second-order valence-corrected chi connectivity index (χ2v) is 4.88. The van der Waals surface area contributed by atoms with Gasteiger partial charge in [-0.25, -0.2) is 0 Å². The molecule has 0 unspecified atom stereocenters. The summed E-state index contributed by atoms with van der Waals surface area (Å²) in [4.78, 5) is 14.3. The summed E-state index contributed by atoms with van der Waals surface area (Å²) in [6.45, 7) is 5.20. The van der Waals surface area contributed by atoms with E-state index in [1.807, 2.05) is 0 Å². The Morgan fingerprint density at radius 1 is 1.20 bits per heavy atom. The molecule has 86 valence electrons. The summed E-state index contributed by atoms with van der Waals surface area (Å²) in [5.41, 5.74) is 0. The number of carbonyl (C=O) groups excluding carboxylic acids is 1. The molecular formula is C12H22N2O. The van der Waals surface area contributed by atoms with Gasteiger partial charge in [-0.15, -0.1) is 0 Å². The van der Waals surface area contributed by atoms with E-state index in [0.717, 1.165) is 32.5 Å². The smallest absolute Gasteiger partial charge is 0.227 e. The summed E-state index contributed by atoms with van der Waals surface area (Å²) in [5, 5.41) is 3.40. The third-order valence-electron chi connectivity index (χ3n) is 3.75. The summed E-state index contributed by atoms with van der Waals surface area (Å²) < 4.78 is 0. The molecule has 2 rings (SSSR count). The Balaban J connectivity index is 1.92. The van der Waals surface area contributed by atoms with Gasteiger partial charge in [-0.3, -0.25) is 4.79 Å². The monoisotopic (exact) mass is 210 g/mol. The van der Waals surface area contributed by atoms with Crippen LogP contribution in [0.2, 0.25) is 0 Å². The van der Waals surface area contributed by atoms with E-state index >= 15 is 0 Å². The molecular weight excluding hydrogens is 188 g/mol. The number of nitrogens with one attached hydrogen (secondary N) is 1. The van der Waals surface area contributed by atoms with Crippen molar-refractivity contribution < 1.29 is 4.79 Å². The van der Waals surface area contributed by atoms with Crippen LogP contribution in [0, 0.1) is 5.92 Å². The van der Waals surface area contributed by atoms with Gasteiger partial charge in [0.2, 0.25) is 5.91 Å². The van der Waals surface area contributed by atoms with Crippen LogP contribution in [-0.4, -0.2) is 36.5 Å². The van der Waals surface area contributed by atoms with Crippen LogP contribution in [0.3, 0.4) is 0 Å². The summed E-state index contributed by atoms with van der Waals surface area (Å²) in [6, 6.07) is 0.369. The molecule has 2 aliphatic rings. The predicted octanol–water partition coefficient (Wildman–Crippen LogP) is 1.39. The zero-order valence-corrected chi connectivity index (χ0v) is 9.67. The van der Waals surface area contributed by atoms with E-state index in [2.05, 4.69) is 17.1 Å². The second kappa shape index (κ2) is 4.97. The lowest BCUT2D eigenvalue weighted by Crippen LogP contribution is -2.49. The van der Waals surface area contributed by atoms with E-state index in [-0.39, 0.29) is 5.92 Å². The van der Waals surface area contributed by atoms with Gasteiger partial charge in [0.15, 0.2) is 0 Å². The number of rotatable bonds is 1. The van der Waals surface area contributed by atoms with Crippen LogP contribution in [0.4, 0.5) is 0 Å². The highest BCUT2D eigenvalue weighted by Gasteiger charge is 2.31. The molecule has 2 aliphatic heterocycles. The molecule has 3 heteroatoms. The molecule has 0 radical (unpaired) electrons. The lowest BCUT2D eigenvalue weighted by Gasteiger charge is -2.35. The third-order valence-corrected chi connectivity index (χ3v) is 3.75. The number of hydrogen-bond acceptors (Lipinski definition) is 2. The maximum Gasteiger partial charge on any atom is 0.227 e. The van der Waals surface area contributed by atoms with E-state index in [9.17, 15) is 4.79 Å². The molecule has 2 saturated heterocycles. The Morgan fingerprint density at radius 3 is 2.60 bits per heavy atom. The number of piperidine rings is 2. The summed E-state index contributed by atoms with van der Waals surface area (Å²) in [6.07, 6.45) is 5.90. The fourth-order valence-corrected chi connectivity index (χ4v) is 2.73. The predicted molar refractivity (Wildman–Crippen MR) is 60.6 cm³/mol. The highest BCUT2D eigenvalue weighted by molar-refractivity contribution is 5.79. The molecule has 1 amide bonds. The van der Waals surface area contributed by atoms with Gasteiger partial charge in [-0.1, -0.05) is 0 Å². The Hall–Kier alpha value is -0.570. The summed E-state index contributed by atoms with van der Waals surface area (Å²) in [7, 11) is 0. The van der Waals surface area contributed by atoms with Crippen molar-refractivity contribution in [1.29, 1.82) is 0 Å². The average molecular weight is 210 g/mol. The molecule has 0 saturated carbocycles. The first-order chi connectivity index (χ1) is 7.29. The quantitative estimate of drug-likeness (QED) is 0.709. The van der Waals surface area contributed by atoms with E-state index in [4.69, 9.17) is 0 Å². The number of carbonyl (C=O) groups is 1. The Kier molecular flexibility index (Phi) is 3.62. The molecule has 0 aliphatic carbocycles. The average Bonchev–Trinajstić information content (AvgIpc) is 2.30. The molecule has 0 aromatic heterocycles. The van der Waals surface area contributed by atoms with Crippen molar-refractivity contribution in [2.75, 3.05) is 19.6 Å². The first-order valence-corrected chi connectivity index (χ1v) is 6.31. The van der Waals surface area contributed by atoms with Gasteiger partial charge in [-0.2, -0.15) is 0 Å². The molecule has 3 nitrogen and oxygen atoms in total. The van der Waals surface area contributed by atoms with Gasteiger partial charge in [0, 0.05) is 19.1 Å². The molecule has 2 atom stereocenters. The minimum absolute atomic E-state index is 0.233. The first kappa shape index (κ1) is 10.9. The Bertz CT molecular complexity index is 224. The number of hydrogen-bond donors (Lipinski definition) is 1. The lowest BCUT2D eigenvalue weighted by molar-refractivity contribution is -0.138. The second-order valence-electron chi connectivity index (χ2n) is 4.88. The van der Waals surface area contributed by atoms with Crippen LogP contribution in [0.1, 0.15) is 39.0 Å². The summed E-state index contributed by atoms with van der Waals surface area (Å²) in [5.74, 6) is 0.631. The van der Waals surface area contributed by atoms with Crippen LogP contribution in [0.25, 0.3) is 0 Å². The van der Waals surface area contributed by atoms with E-state index in [1.54, 1.807) is 0 Å². The molecule has 2 fully saturated rings. The minimum Gasteiger partial charge on any atom is -0.342 e. The molecule has 0 spiro atoms. The van der Waals surface area contributed by atoms with Crippen LogP contribution in [-0.2, 0) is 4.79 Å². The minimum atomic E-state index is 0.233. The van der Waals surface area contributed by atoms with E-state index in [0.29, 0.717) is 11.9 Å². The molecule has 2 heterocycles. The van der Waals surface area contributed by atoms with Gasteiger partial charge in [0.05, 0.1) is 5.92 Å². The normalized spacial score (nSPS) is 32.7. The third kappa shape index (κ3) is 2.51. The summed E-state index contributed by atoms with van der Waals surface area (Å²) >= 11 is 0. The number of nitrogens with zero attached hydrogens (tertiary/aromatic N) is 1. The van der Waals surface area contributed by atoms with Crippen LogP contribution in [0.15, 0.2) is 0 Å². The van der Waals surface area contributed by atoms with Crippen molar-refractivity contribution in [2.45, 2.75) is 45.1 Å². The number of amides is 1. The standard InChI is InChI=1S/C12H22N2O/c1-10-11(6-5-7-13-10)12(15)14-8-3-2-4-9-14/h10-11,13H,2-9H2,1H3/t10-,11-/m0/s1. The lowest BCUT2D eigenvalue weighted by atomic mass is 9.90. The van der Waals surface area contributed by atoms with Crippen molar-refractivity contribution >= 4 is 5.91 Å². The number of likely N-dealkylation sites (tertiary alicyclic amines) is 1. The topological polar surface area (TPSA) is 32.3 Å². The van der Waals surface area contributed by atoms with Crippen LogP contribution in [0.5, 0.6) is 0 Å². The van der Waals surface area contributed by atoms with Gasteiger partial charge in [0.1, 0.15) is 0 Å². The van der Waals surface area contributed by atoms with Gasteiger partial charge < -0.3 is 10.2 Å². The van der Waals surface area contributed by atoms with Gasteiger partial charge in [0.25, 0.3) is 0 Å². The molecule has 0 aromatic carbocycles. The maximum absolute atomic E-state index is 12.2. The SMILES string of the molecule is C[C@@H]1NCCC[C@@H]1C(=O)N1CCCCC1. The van der Waals surface area contributed by atoms with Crippen molar-refractivity contribution in [3.63, 3.8) is 0 Å². The molecule has 1 N–H and O–H groups in total. The Labute approximate surface area is 92.2 Å². The van der Waals surface area contributed by atoms with Crippen LogP contribution < -0.4 is 5.32 Å². The largest absolute Gasteiger partial charge is 0.342 e. The molecule has 15 heavy (non-hydrogen) atoms. The fraction of sp³-hybridized carbons (Fsp3) is 0.917. The van der Waals surface area contributed by atoms with Gasteiger partial charge >= 0.3 is 0 Å². The van der Waals surface area contributed by atoms with Crippen LogP contribution >= 0.6 is 0 Å². The van der Waals surface area contributed by atoms with E-state index < -0.39 is 0 Å². The highest BCUT2D eigenvalue weighted by Crippen LogP contribution is 2.21.